The molecular weight excluding hydrogens is 324 g/mol. The Bertz CT molecular complexity index is 772. The Morgan fingerprint density at radius 1 is 1.17 bits per heavy atom. The van der Waals surface area contributed by atoms with Crippen LogP contribution in [0.1, 0.15) is 18.4 Å². The van der Waals surface area contributed by atoms with E-state index in [9.17, 15) is 8.42 Å². The molecule has 0 amide bonds. The number of hydrogen-bond acceptors (Lipinski definition) is 4. The Morgan fingerprint density at radius 2 is 1.96 bits per heavy atom. The number of rotatable bonds is 5. The molecule has 1 aromatic heterocycles. The summed E-state index contributed by atoms with van der Waals surface area (Å²) in [5.41, 5.74) is 1.17. The summed E-state index contributed by atoms with van der Waals surface area (Å²) in [7, 11) is -3.53. The molecule has 1 aliphatic heterocycles. The fourth-order valence-corrected chi connectivity index (χ4v) is 5.02. The molecule has 6 nitrogen and oxygen atoms in total. The lowest BCUT2D eigenvalue weighted by atomic mass is 10.0. The Balaban J connectivity index is 1.60. The third-order valence-corrected chi connectivity index (χ3v) is 6.77. The minimum atomic E-state index is -3.53. The first-order chi connectivity index (χ1) is 11.6. The molecule has 1 aromatic carbocycles. The molecule has 7 heteroatoms. The van der Waals surface area contributed by atoms with Gasteiger partial charge in [-0.15, -0.1) is 0 Å². The van der Waals surface area contributed by atoms with Crippen molar-refractivity contribution in [2.45, 2.75) is 36.4 Å². The van der Waals surface area contributed by atoms with Crippen LogP contribution in [0.2, 0.25) is 0 Å². The van der Waals surface area contributed by atoms with Crippen molar-refractivity contribution in [3.63, 3.8) is 0 Å². The SMILES string of the molecule is O=S(=O)(c1cnc[nH]1)N1CCN(C2CC2)CC1Cc1ccccc1. The monoisotopic (exact) mass is 346 g/mol. The van der Waals surface area contributed by atoms with Crippen molar-refractivity contribution in [1.29, 1.82) is 0 Å². The van der Waals surface area contributed by atoms with Crippen LogP contribution in [0, 0.1) is 0 Å². The van der Waals surface area contributed by atoms with Crippen LogP contribution in [0.5, 0.6) is 0 Å². The fraction of sp³-hybridized carbons (Fsp3) is 0.471. The molecule has 2 aliphatic rings. The summed E-state index contributed by atoms with van der Waals surface area (Å²) < 4.78 is 27.6. The van der Waals surface area contributed by atoms with Crippen molar-refractivity contribution >= 4 is 10.0 Å². The molecule has 1 saturated heterocycles. The number of nitrogens with zero attached hydrogens (tertiary/aromatic N) is 3. The van der Waals surface area contributed by atoms with Crippen LogP contribution in [0.25, 0.3) is 0 Å². The van der Waals surface area contributed by atoms with Gasteiger partial charge in [0.1, 0.15) is 0 Å². The van der Waals surface area contributed by atoms with Gasteiger partial charge in [-0.25, -0.2) is 13.4 Å². The van der Waals surface area contributed by atoms with E-state index in [1.165, 1.54) is 30.9 Å². The minimum Gasteiger partial charge on any atom is -0.335 e. The van der Waals surface area contributed by atoms with E-state index >= 15 is 0 Å². The number of aromatic amines is 1. The van der Waals surface area contributed by atoms with Crippen molar-refractivity contribution in [3.8, 4) is 0 Å². The second-order valence-electron chi connectivity index (χ2n) is 6.60. The molecule has 128 valence electrons. The van der Waals surface area contributed by atoms with Gasteiger partial charge in [-0.2, -0.15) is 4.31 Å². The summed E-state index contributed by atoms with van der Waals surface area (Å²) in [6, 6.07) is 10.7. The Kier molecular flexibility index (Phi) is 4.15. The summed E-state index contributed by atoms with van der Waals surface area (Å²) in [5.74, 6) is 0. The van der Waals surface area contributed by atoms with E-state index in [4.69, 9.17) is 0 Å². The predicted octanol–water partition coefficient (Wildman–Crippen LogP) is 1.49. The zero-order valence-electron chi connectivity index (χ0n) is 13.5. The molecule has 1 saturated carbocycles. The first-order valence-corrected chi connectivity index (χ1v) is 9.87. The van der Waals surface area contributed by atoms with E-state index in [0.29, 0.717) is 12.6 Å². The smallest absolute Gasteiger partial charge is 0.260 e. The van der Waals surface area contributed by atoms with E-state index in [-0.39, 0.29) is 11.1 Å². The lowest BCUT2D eigenvalue weighted by Gasteiger charge is -2.40. The highest BCUT2D eigenvalue weighted by Crippen LogP contribution is 2.31. The second-order valence-corrected chi connectivity index (χ2v) is 8.46. The highest BCUT2D eigenvalue weighted by atomic mass is 32.2. The maximum atomic E-state index is 13.0. The van der Waals surface area contributed by atoms with Crippen LogP contribution in [0.15, 0.2) is 47.9 Å². The van der Waals surface area contributed by atoms with Gasteiger partial charge in [0.25, 0.3) is 10.0 Å². The van der Waals surface area contributed by atoms with Crippen LogP contribution < -0.4 is 0 Å². The van der Waals surface area contributed by atoms with Crippen molar-refractivity contribution in [3.05, 3.63) is 48.4 Å². The standard InChI is InChI=1S/C17H22N4O2S/c22-24(23,17-11-18-13-19-17)21-9-8-20(15-6-7-15)12-16(21)10-14-4-2-1-3-5-14/h1-5,11,13,15-16H,6-10,12H2,(H,18,19). The van der Waals surface area contributed by atoms with Crippen molar-refractivity contribution < 1.29 is 8.42 Å². The number of imidazole rings is 1. The highest BCUT2D eigenvalue weighted by Gasteiger charge is 2.40. The van der Waals surface area contributed by atoms with Crippen LogP contribution in [-0.4, -0.2) is 59.3 Å². The van der Waals surface area contributed by atoms with E-state index in [2.05, 4.69) is 27.0 Å². The summed E-state index contributed by atoms with van der Waals surface area (Å²) in [4.78, 5) is 9.08. The molecule has 1 atom stereocenters. The quantitative estimate of drug-likeness (QED) is 0.891. The molecule has 24 heavy (non-hydrogen) atoms. The summed E-state index contributed by atoms with van der Waals surface area (Å²) in [5, 5.41) is 0.181. The average molecular weight is 346 g/mol. The summed E-state index contributed by atoms with van der Waals surface area (Å²) in [6.07, 6.45) is 6.02. The Hall–Kier alpha value is -1.70. The van der Waals surface area contributed by atoms with Crippen LogP contribution in [0.4, 0.5) is 0 Å². The van der Waals surface area contributed by atoms with Gasteiger partial charge in [-0.1, -0.05) is 30.3 Å². The van der Waals surface area contributed by atoms with Gasteiger partial charge in [0.15, 0.2) is 5.03 Å². The number of aromatic nitrogens is 2. The third-order valence-electron chi connectivity index (χ3n) is 4.90. The topological polar surface area (TPSA) is 69.3 Å². The molecule has 0 radical (unpaired) electrons. The first kappa shape index (κ1) is 15.8. The number of hydrogen-bond donors (Lipinski definition) is 1. The normalized spacial score (nSPS) is 23.4. The van der Waals surface area contributed by atoms with Crippen molar-refractivity contribution in [2.24, 2.45) is 0 Å². The largest absolute Gasteiger partial charge is 0.335 e. The summed E-state index contributed by atoms with van der Waals surface area (Å²) >= 11 is 0. The molecule has 2 fully saturated rings. The molecule has 0 spiro atoms. The number of sulfonamides is 1. The number of piperazine rings is 1. The van der Waals surface area contributed by atoms with Gasteiger partial charge in [-0.05, 0) is 24.8 Å². The number of benzene rings is 1. The Labute approximate surface area is 142 Å². The zero-order valence-corrected chi connectivity index (χ0v) is 14.3. The number of H-pyrrole nitrogens is 1. The van der Waals surface area contributed by atoms with Crippen LogP contribution >= 0.6 is 0 Å². The van der Waals surface area contributed by atoms with Crippen LogP contribution in [0.3, 0.4) is 0 Å². The van der Waals surface area contributed by atoms with Crippen LogP contribution in [-0.2, 0) is 16.4 Å². The molecular formula is C17H22N4O2S. The maximum Gasteiger partial charge on any atom is 0.260 e. The van der Waals surface area contributed by atoms with E-state index in [1.54, 1.807) is 4.31 Å². The van der Waals surface area contributed by atoms with Gasteiger partial charge in [0.2, 0.25) is 0 Å². The molecule has 0 bridgehead atoms. The zero-order chi connectivity index (χ0) is 16.6. The average Bonchev–Trinajstić information content (AvgIpc) is 3.29. The van der Waals surface area contributed by atoms with E-state index in [1.807, 2.05) is 18.2 Å². The molecule has 1 N–H and O–H groups in total. The van der Waals surface area contributed by atoms with Gasteiger partial charge in [0, 0.05) is 31.7 Å². The highest BCUT2D eigenvalue weighted by molar-refractivity contribution is 7.89. The maximum absolute atomic E-state index is 13.0. The number of nitrogens with one attached hydrogen (secondary N) is 1. The van der Waals surface area contributed by atoms with Gasteiger partial charge < -0.3 is 4.98 Å². The second kappa shape index (κ2) is 6.31. The molecule has 1 aliphatic carbocycles. The molecule has 2 aromatic rings. The van der Waals surface area contributed by atoms with Gasteiger partial charge >= 0.3 is 0 Å². The minimum absolute atomic E-state index is 0.0463. The van der Waals surface area contributed by atoms with E-state index in [0.717, 1.165) is 19.5 Å². The van der Waals surface area contributed by atoms with Crippen molar-refractivity contribution in [2.75, 3.05) is 19.6 Å². The molecule has 1 unspecified atom stereocenters. The fourth-order valence-electron chi connectivity index (χ4n) is 3.51. The molecule has 4 rings (SSSR count). The summed E-state index contributed by atoms with van der Waals surface area (Å²) in [6.45, 7) is 2.14. The lowest BCUT2D eigenvalue weighted by Crippen LogP contribution is -2.56. The third kappa shape index (κ3) is 3.11. The predicted molar refractivity (Wildman–Crippen MR) is 91.0 cm³/mol. The Morgan fingerprint density at radius 3 is 2.62 bits per heavy atom. The first-order valence-electron chi connectivity index (χ1n) is 8.43. The van der Waals surface area contributed by atoms with Gasteiger partial charge in [0.05, 0.1) is 12.5 Å². The van der Waals surface area contributed by atoms with E-state index < -0.39 is 10.0 Å². The van der Waals surface area contributed by atoms with Gasteiger partial charge in [-0.3, -0.25) is 4.90 Å². The van der Waals surface area contributed by atoms with Crippen molar-refractivity contribution in [1.82, 2.24) is 19.2 Å². The lowest BCUT2D eigenvalue weighted by molar-refractivity contribution is 0.128. The molecule has 2 heterocycles.